The molecule has 1 atom stereocenters. The van der Waals surface area contributed by atoms with Gasteiger partial charge < -0.3 is 0 Å². The molecule has 6 nitrogen and oxygen atoms in total. The Labute approximate surface area is 271 Å². The molecule has 2 aliphatic heterocycles. The van der Waals surface area contributed by atoms with E-state index in [4.69, 9.17) is 9.47 Å². The van der Waals surface area contributed by atoms with Crippen molar-refractivity contribution >= 4 is 48.0 Å². The number of nitrogens with zero attached hydrogens (tertiary/aromatic N) is 1. The van der Waals surface area contributed by atoms with Crippen molar-refractivity contribution in [2.24, 2.45) is 0 Å². The van der Waals surface area contributed by atoms with E-state index in [9.17, 15) is 14.4 Å². The van der Waals surface area contributed by atoms with Gasteiger partial charge in [0.15, 0.2) is 0 Å². The molecule has 2 heterocycles. The van der Waals surface area contributed by atoms with E-state index in [2.05, 4.69) is 24.9 Å². The van der Waals surface area contributed by atoms with Crippen LogP contribution in [0.25, 0.3) is 0 Å². The summed E-state index contributed by atoms with van der Waals surface area (Å²) in [6, 6.07) is 19.3. The van der Waals surface area contributed by atoms with Gasteiger partial charge in [-0.1, -0.05) is 0 Å². The number of ether oxygens (including phenoxy) is 2. The van der Waals surface area contributed by atoms with Crippen LogP contribution in [-0.4, -0.2) is 58.9 Å². The normalized spacial score (nSPS) is 17.5. The van der Waals surface area contributed by atoms with Crippen LogP contribution in [-0.2, 0) is 23.9 Å². The second kappa shape index (κ2) is 16.7. The number of hydrogen-bond donors (Lipinski definition) is 0. The predicted octanol–water partition coefficient (Wildman–Crippen LogP) is 8.37. The Morgan fingerprint density at radius 1 is 0.909 bits per heavy atom. The summed E-state index contributed by atoms with van der Waals surface area (Å²) in [6.07, 6.45) is 6.50. The maximum absolute atomic E-state index is 14.1. The van der Waals surface area contributed by atoms with Crippen LogP contribution in [0, 0.1) is 0 Å². The number of esters is 2. The van der Waals surface area contributed by atoms with Crippen molar-refractivity contribution in [2.75, 3.05) is 12.4 Å². The van der Waals surface area contributed by atoms with Crippen LogP contribution in [0.4, 0.5) is 0 Å². The Morgan fingerprint density at radius 3 is 1.91 bits per heavy atom. The zero-order valence-electron chi connectivity index (χ0n) is 26.7. The van der Waals surface area contributed by atoms with E-state index in [-0.39, 0.29) is 23.6 Å². The molecule has 0 N–H and O–H groups in total. The molecule has 2 aromatic rings. The maximum atomic E-state index is 14.1. The molecule has 4 rings (SSSR count). The third-order valence-electron chi connectivity index (χ3n) is 8.58. The molecular formula is C36H47NO5SSn. The number of thioether (sulfide) groups is 1. The second-order valence-corrected chi connectivity index (χ2v) is 25.9. The molecule has 0 aliphatic carbocycles. The molecule has 0 saturated carbocycles. The van der Waals surface area contributed by atoms with Gasteiger partial charge in [0.2, 0.25) is 0 Å². The van der Waals surface area contributed by atoms with Crippen LogP contribution in [0.1, 0.15) is 83.5 Å². The zero-order chi connectivity index (χ0) is 31.5. The Hall–Kier alpha value is -2.52. The molecule has 1 amide bonds. The Kier molecular flexibility index (Phi) is 13.0. The summed E-state index contributed by atoms with van der Waals surface area (Å²) >= 11 is -1.14. The number of fused-ring (bicyclic) bond motifs is 1. The van der Waals surface area contributed by atoms with E-state index >= 15 is 0 Å². The van der Waals surface area contributed by atoms with Gasteiger partial charge in [-0.05, 0) is 0 Å². The molecule has 1 saturated heterocycles. The fourth-order valence-corrected chi connectivity index (χ4v) is 22.9. The molecule has 0 unspecified atom stereocenters. The SMILES string of the molecule is CCC[CH2][Sn](/[CH]=C1\C(=O)N2C(C(=O)OC(c3ccccc3)c3ccccc3)=C(COC(C)=O)CS[C@H]12)([CH2]CCC)[CH2]CCC. The van der Waals surface area contributed by atoms with E-state index < -0.39 is 36.4 Å². The number of hydrogen-bond acceptors (Lipinski definition) is 6. The minimum absolute atomic E-state index is 0.0453. The molecule has 2 aliphatic rings. The molecule has 44 heavy (non-hydrogen) atoms. The summed E-state index contributed by atoms with van der Waals surface area (Å²) in [4.78, 5) is 41.5. The monoisotopic (exact) mass is 725 g/mol. The third-order valence-corrected chi connectivity index (χ3v) is 24.1. The molecule has 0 bridgehead atoms. The van der Waals surface area contributed by atoms with Crippen molar-refractivity contribution in [2.45, 2.75) is 91.0 Å². The van der Waals surface area contributed by atoms with Crippen molar-refractivity contribution in [1.29, 1.82) is 0 Å². The molecule has 1 fully saturated rings. The van der Waals surface area contributed by atoms with Gasteiger partial charge in [-0.2, -0.15) is 0 Å². The first-order chi connectivity index (χ1) is 21.3. The Bertz CT molecular complexity index is 1280. The first-order valence-electron chi connectivity index (χ1n) is 16.2. The number of amides is 1. The van der Waals surface area contributed by atoms with Crippen LogP contribution in [0.15, 0.2) is 81.6 Å². The summed E-state index contributed by atoms with van der Waals surface area (Å²) in [6.45, 7) is 8.06. The summed E-state index contributed by atoms with van der Waals surface area (Å²) in [7, 11) is 0. The van der Waals surface area contributed by atoms with Crippen molar-refractivity contribution in [1.82, 2.24) is 4.90 Å². The van der Waals surface area contributed by atoms with Crippen LogP contribution in [0.2, 0.25) is 13.3 Å². The number of unbranched alkanes of at least 4 members (excludes halogenated alkanes) is 3. The van der Waals surface area contributed by atoms with Gasteiger partial charge in [0.05, 0.1) is 0 Å². The second-order valence-electron chi connectivity index (χ2n) is 12.0. The summed E-state index contributed by atoms with van der Waals surface area (Å²) in [5, 5.41) is -0.209. The topological polar surface area (TPSA) is 72.9 Å². The van der Waals surface area contributed by atoms with Gasteiger partial charge in [0.1, 0.15) is 0 Å². The standard InChI is InChI=1S/C24H20NO5S.3C4H9.Sn/c1-15-22(27)25-20(19(13-29-16(2)26)14-31-23(15)25)24(28)30-21(17-9-5-3-6-10-17)18-11-7-4-8-12-18;3*1-3-4-2;/h1,3-12,21,23H,13-14H2,2H3;3*1,3-4H2,2H3;/t23-;;;;/m1..../s1. The molecule has 0 radical (unpaired) electrons. The summed E-state index contributed by atoms with van der Waals surface area (Å²) in [5.41, 5.74) is 3.40. The van der Waals surface area contributed by atoms with Crippen molar-refractivity contribution in [3.63, 3.8) is 0 Å². The van der Waals surface area contributed by atoms with E-state index in [1.165, 1.54) is 58.8 Å². The van der Waals surface area contributed by atoms with Crippen LogP contribution >= 0.6 is 11.8 Å². The van der Waals surface area contributed by atoms with Crippen molar-refractivity contribution < 1.29 is 23.9 Å². The van der Waals surface area contributed by atoms with E-state index in [1.807, 2.05) is 60.7 Å². The molecule has 0 aromatic heterocycles. The third kappa shape index (κ3) is 8.39. The van der Waals surface area contributed by atoms with Crippen molar-refractivity contribution in [3.05, 3.63) is 92.7 Å². The van der Waals surface area contributed by atoms with Crippen LogP contribution in [0.5, 0.6) is 0 Å². The number of carbonyl (C=O) groups excluding carboxylic acids is 3. The molecule has 236 valence electrons. The number of β-lactam (4-membered cyclic amide) rings is 1. The fraction of sp³-hybridized carbons (Fsp3) is 0.472. The van der Waals surface area contributed by atoms with Gasteiger partial charge in [-0.15, -0.1) is 0 Å². The Balaban J connectivity index is 1.70. The average molecular weight is 725 g/mol. The van der Waals surface area contributed by atoms with Gasteiger partial charge in [0.25, 0.3) is 0 Å². The van der Waals surface area contributed by atoms with Gasteiger partial charge >= 0.3 is 273 Å². The molecular weight excluding hydrogens is 677 g/mol. The zero-order valence-corrected chi connectivity index (χ0v) is 30.4. The number of benzene rings is 2. The van der Waals surface area contributed by atoms with Crippen molar-refractivity contribution in [3.8, 4) is 0 Å². The van der Waals surface area contributed by atoms with Gasteiger partial charge in [-0.25, -0.2) is 0 Å². The van der Waals surface area contributed by atoms with Gasteiger partial charge in [0, 0.05) is 0 Å². The van der Waals surface area contributed by atoms with Gasteiger partial charge in [-0.3, -0.25) is 0 Å². The summed E-state index contributed by atoms with van der Waals surface area (Å²) in [5.74, 6) is -0.607. The molecule has 8 heteroatoms. The number of rotatable bonds is 16. The first-order valence-corrected chi connectivity index (χ1v) is 24.9. The van der Waals surface area contributed by atoms with Crippen LogP contribution < -0.4 is 0 Å². The molecule has 2 aromatic carbocycles. The molecule has 0 spiro atoms. The quantitative estimate of drug-likeness (QED) is 0.0751. The number of carbonyl (C=O) groups is 3. The first kappa shape index (κ1) is 34.4. The summed E-state index contributed by atoms with van der Waals surface area (Å²) < 4.78 is 17.9. The van der Waals surface area contributed by atoms with E-state index in [0.717, 1.165) is 16.7 Å². The van der Waals surface area contributed by atoms with E-state index in [1.54, 1.807) is 16.7 Å². The van der Waals surface area contributed by atoms with Crippen LogP contribution in [0.3, 0.4) is 0 Å². The Morgan fingerprint density at radius 2 is 1.43 bits per heavy atom. The fourth-order valence-electron chi connectivity index (χ4n) is 6.15. The van der Waals surface area contributed by atoms with E-state index in [0.29, 0.717) is 11.3 Å². The minimum atomic E-state index is -2.78. The predicted molar refractivity (Wildman–Crippen MR) is 181 cm³/mol. The average Bonchev–Trinajstić information content (AvgIpc) is 3.05.